The topological polar surface area (TPSA) is 116 Å². The van der Waals surface area contributed by atoms with Gasteiger partial charge in [-0.2, -0.15) is 0 Å². The molecule has 0 aliphatic carbocycles. The lowest BCUT2D eigenvalue weighted by molar-refractivity contribution is 0.108. The third-order valence-electron chi connectivity index (χ3n) is 5.80. The van der Waals surface area contributed by atoms with Crippen LogP contribution in [0.2, 0.25) is 0 Å². The first-order chi connectivity index (χ1) is 17.8. The van der Waals surface area contributed by atoms with E-state index in [9.17, 15) is 14.9 Å². The summed E-state index contributed by atoms with van der Waals surface area (Å²) in [5, 5.41) is 13.1. The molecule has 0 saturated carbocycles. The Morgan fingerprint density at radius 3 is 2.24 bits per heavy atom. The smallest absolute Gasteiger partial charge is 0.220 e. The van der Waals surface area contributed by atoms with Crippen molar-refractivity contribution in [1.29, 1.82) is 0 Å². The number of benzene rings is 3. The first-order valence-corrected chi connectivity index (χ1v) is 12.2. The fraction of sp³-hybridized carbons (Fsp3) is 0.296. The lowest BCUT2D eigenvalue weighted by Gasteiger charge is -2.22. The summed E-state index contributed by atoms with van der Waals surface area (Å²) in [6.07, 6.45) is 2.53. The summed E-state index contributed by atoms with van der Waals surface area (Å²) < 4.78 is 22.1. The lowest BCUT2D eigenvalue weighted by atomic mass is 9.97. The SMILES string of the molecule is COc1ccc(C(=O)SC(CC=C(C)C)c2cc(OC)c3c(NO)ccc(N=O)c3c2OC)cc1OC. The Balaban J connectivity index is 2.22. The van der Waals surface area contributed by atoms with Gasteiger partial charge in [0.2, 0.25) is 5.12 Å². The standard InChI is InChI=1S/C27H30N2O7S/c1-15(2)7-12-23(37-27(30)16-8-11-20(33-3)21(13-16)34-4)17-14-22(35-5)24-18(28-31)9-10-19(29-32)25(24)26(17)36-6/h7-11,13-14,23,28,31H,12H2,1-6H3. The number of allylic oxidation sites excluding steroid dienone is 2. The van der Waals surface area contributed by atoms with Crippen LogP contribution in [0.3, 0.4) is 0 Å². The van der Waals surface area contributed by atoms with E-state index in [0.717, 1.165) is 17.3 Å². The first-order valence-electron chi connectivity index (χ1n) is 11.3. The number of hydrogen-bond donors (Lipinski definition) is 2. The first kappa shape index (κ1) is 27.8. The molecule has 0 saturated heterocycles. The number of thioether (sulfide) groups is 1. The van der Waals surface area contributed by atoms with Crippen molar-refractivity contribution in [3.8, 4) is 23.0 Å². The predicted molar refractivity (Wildman–Crippen MR) is 146 cm³/mol. The van der Waals surface area contributed by atoms with Gasteiger partial charge in [0.15, 0.2) is 11.5 Å². The van der Waals surface area contributed by atoms with Crippen LogP contribution in [0.1, 0.15) is 41.4 Å². The van der Waals surface area contributed by atoms with Gasteiger partial charge in [-0.3, -0.25) is 15.5 Å². The molecule has 2 N–H and O–H groups in total. The van der Waals surface area contributed by atoms with E-state index in [1.165, 1.54) is 40.6 Å². The summed E-state index contributed by atoms with van der Waals surface area (Å²) in [6, 6.07) is 9.76. The average Bonchev–Trinajstić information content (AvgIpc) is 2.92. The van der Waals surface area contributed by atoms with Crippen molar-refractivity contribution in [2.24, 2.45) is 5.18 Å². The Labute approximate surface area is 219 Å². The molecule has 0 spiro atoms. The molecular weight excluding hydrogens is 496 g/mol. The molecule has 1 unspecified atom stereocenters. The van der Waals surface area contributed by atoms with Crippen molar-refractivity contribution >= 4 is 39.0 Å². The van der Waals surface area contributed by atoms with E-state index in [-0.39, 0.29) is 10.8 Å². The monoisotopic (exact) mass is 526 g/mol. The Morgan fingerprint density at radius 1 is 0.973 bits per heavy atom. The van der Waals surface area contributed by atoms with E-state index in [1.54, 1.807) is 24.3 Å². The molecule has 3 aromatic carbocycles. The number of nitrogens with zero attached hydrogens (tertiary/aromatic N) is 1. The van der Waals surface area contributed by atoms with Crippen molar-refractivity contribution in [2.45, 2.75) is 25.5 Å². The number of anilines is 1. The second kappa shape index (κ2) is 12.5. The average molecular weight is 527 g/mol. The van der Waals surface area contributed by atoms with Gasteiger partial charge in [-0.05, 0) is 61.8 Å². The summed E-state index contributed by atoms with van der Waals surface area (Å²) in [6.45, 7) is 3.95. The molecule has 10 heteroatoms. The molecule has 1 atom stereocenters. The molecule has 0 aliphatic heterocycles. The molecule has 3 rings (SSSR count). The van der Waals surface area contributed by atoms with E-state index in [4.69, 9.17) is 18.9 Å². The summed E-state index contributed by atoms with van der Waals surface area (Å²) in [7, 11) is 6.01. The van der Waals surface area contributed by atoms with Crippen LogP contribution in [0.4, 0.5) is 11.4 Å². The second-order valence-electron chi connectivity index (χ2n) is 8.27. The molecule has 0 bridgehead atoms. The molecule has 0 aromatic heterocycles. The van der Waals surface area contributed by atoms with Crippen molar-refractivity contribution in [3.05, 3.63) is 64.1 Å². The van der Waals surface area contributed by atoms with E-state index in [2.05, 4.69) is 10.7 Å². The third-order valence-corrected chi connectivity index (χ3v) is 6.98. The number of carbonyl (C=O) groups excluding carboxylic acids is 1. The van der Waals surface area contributed by atoms with Crippen LogP contribution in [-0.2, 0) is 0 Å². The highest BCUT2D eigenvalue weighted by Gasteiger charge is 2.27. The molecule has 0 heterocycles. The normalized spacial score (nSPS) is 11.4. The van der Waals surface area contributed by atoms with Gasteiger partial charge in [0.05, 0.1) is 44.9 Å². The summed E-state index contributed by atoms with van der Waals surface area (Å²) in [4.78, 5) is 25.2. The highest BCUT2D eigenvalue weighted by atomic mass is 32.2. The zero-order chi connectivity index (χ0) is 27.1. The van der Waals surface area contributed by atoms with Crippen LogP contribution in [0.25, 0.3) is 10.8 Å². The van der Waals surface area contributed by atoms with Gasteiger partial charge < -0.3 is 18.9 Å². The van der Waals surface area contributed by atoms with Crippen LogP contribution >= 0.6 is 11.8 Å². The van der Waals surface area contributed by atoms with Gasteiger partial charge >= 0.3 is 0 Å². The summed E-state index contributed by atoms with van der Waals surface area (Å²) in [5.41, 5.74) is 4.74. The van der Waals surface area contributed by atoms with Gasteiger partial charge in [-0.15, -0.1) is 4.91 Å². The maximum Gasteiger partial charge on any atom is 0.220 e. The number of hydrogen-bond acceptors (Lipinski definition) is 10. The fourth-order valence-electron chi connectivity index (χ4n) is 4.03. The van der Waals surface area contributed by atoms with Gasteiger partial charge in [-0.25, -0.2) is 0 Å². The lowest BCUT2D eigenvalue weighted by Crippen LogP contribution is -2.05. The molecule has 3 aromatic rings. The fourth-order valence-corrected chi connectivity index (χ4v) is 5.05. The second-order valence-corrected chi connectivity index (χ2v) is 9.44. The molecular formula is C27H30N2O7S. The van der Waals surface area contributed by atoms with Crippen LogP contribution in [0.5, 0.6) is 23.0 Å². The number of rotatable bonds is 11. The van der Waals surface area contributed by atoms with Gasteiger partial charge in [-0.1, -0.05) is 23.4 Å². The Hall–Kier alpha value is -3.76. The number of methoxy groups -OCH3 is 4. The number of carbonyl (C=O) groups is 1. The quantitative estimate of drug-likeness (QED) is 0.154. The molecule has 0 aliphatic rings. The van der Waals surface area contributed by atoms with Gasteiger partial charge in [0.25, 0.3) is 0 Å². The predicted octanol–water partition coefficient (Wildman–Crippen LogP) is 7.04. The molecule has 37 heavy (non-hydrogen) atoms. The van der Waals surface area contributed by atoms with E-state index in [1.807, 2.05) is 19.9 Å². The summed E-state index contributed by atoms with van der Waals surface area (Å²) >= 11 is 1.12. The van der Waals surface area contributed by atoms with E-state index in [0.29, 0.717) is 57.0 Å². The van der Waals surface area contributed by atoms with E-state index >= 15 is 0 Å². The largest absolute Gasteiger partial charge is 0.496 e. The van der Waals surface area contributed by atoms with Crippen LogP contribution in [0, 0.1) is 4.91 Å². The van der Waals surface area contributed by atoms with Crippen molar-refractivity contribution in [1.82, 2.24) is 0 Å². The van der Waals surface area contributed by atoms with Gasteiger partial charge in [0, 0.05) is 16.4 Å². The summed E-state index contributed by atoms with van der Waals surface area (Å²) in [5.74, 6) is 1.72. The number of ether oxygens (including phenoxy) is 4. The molecule has 9 nitrogen and oxygen atoms in total. The molecule has 0 radical (unpaired) electrons. The third kappa shape index (κ3) is 5.81. The van der Waals surface area contributed by atoms with Crippen molar-refractivity contribution in [3.63, 3.8) is 0 Å². The number of nitroso groups, excluding NO2 is 1. The van der Waals surface area contributed by atoms with Crippen LogP contribution in [0.15, 0.2) is 53.2 Å². The number of nitrogens with one attached hydrogen (secondary N) is 1. The minimum Gasteiger partial charge on any atom is -0.496 e. The Bertz CT molecular complexity index is 1340. The molecule has 196 valence electrons. The van der Waals surface area contributed by atoms with Crippen LogP contribution < -0.4 is 24.4 Å². The van der Waals surface area contributed by atoms with Crippen molar-refractivity contribution in [2.75, 3.05) is 33.9 Å². The zero-order valence-corrected chi connectivity index (χ0v) is 22.4. The Morgan fingerprint density at radius 2 is 1.68 bits per heavy atom. The highest BCUT2D eigenvalue weighted by Crippen LogP contribution is 2.50. The van der Waals surface area contributed by atoms with E-state index < -0.39 is 5.25 Å². The molecule has 0 fully saturated rings. The maximum absolute atomic E-state index is 13.4. The highest BCUT2D eigenvalue weighted by molar-refractivity contribution is 8.14. The zero-order valence-electron chi connectivity index (χ0n) is 21.6. The molecule has 0 amide bonds. The minimum absolute atomic E-state index is 0.114. The van der Waals surface area contributed by atoms with Crippen molar-refractivity contribution < 1.29 is 28.9 Å². The maximum atomic E-state index is 13.4. The minimum atomic E-state index is -0.408. The van der Waals surface area contributed by atoms with Gasteiger partial charge in [0.1, 0.15) is 17.2 Å². The number of fused-ring (bicyclic) bond motifs is 1. The Kier molecular flexibility index (Phi) is 9.37. The van der Waals surface area contributed by atoms with Crippen LogP contribution in [-0.4, -0.2) is 38.8 Å².